The molecule has 1 aromatic rings. The van der Waals surface area contributed by atoms with E-state index in [0.29, 0.717) is 16.5 Å². The van der Waals surface area contributed by atoms with Crippen LogP contribution in [0.5, 0.6) is 0 Å². The topological polar surface area (TPSA) is 0 Å². The van der Waals surface area contributed by atoms with Crippen LogP contribution in [0.2, 0.25) is 5.02 Å². The molecule has 0 spiro atoms. The largest absolute Gasteiger partial charge is 0.409 e. The number of alkyl halides is 3. The number of allylic oxidation sites excluding steroid dienone is 1. The van der Waals surface area contributed by atoms with Crippen LogP contribution < -0.4 is 0 Å². The summed E-state index contributed by atoms with van der Waals surface area (Å²) in [5, 5.41) is 0.412. The molecule has 2 fully saturated rings. The van der Waals surface area contributed by atoms with Crippen LogP contribution >= 0.6 is 11.6 Å². The van der Waals surface area contributed by atoms with E-state index in [-0.39, 0.29) is 6.08 Å². The maximum atomic E-state index is 12.4. The first kappa shape index (κ1) is 23.7. The smallest absolute Gasteiger partial charge is 0.167 e. The Morgan fingerprint density at radius 1 is 1.00 bits per heavy atom. The molecule has 0 nitrogen and oxygen atoms in total. The number of rotatable bonds is 6. The molecule has 2 aliphatic rings. The summed E-state index contributed by atoms with van der Waals surface area (Å²) in [6.45, 7) is 4.73. The summed E-state index contributed by atoms with van der Waals surface area (Å²) in [7, 11) is 0. The van der Waals surface area contributed by atoms with E-state index < -0.39 is 6.18 Å². The number of benzene rings is 1. The van der Waals surface area contributed by atoms with Crippen molar-refractivity contribution in [2.75, 3.05) is 0 Å². The fraction of sp³-hybridized carbons (Fsp3) is 0.692. The molecule has 0 aliphatic heterocycles. The minimum Gasteiger partial charge on any atom is -0.167 e. The van der Waals surface area contributed by atoms with E-state index in [1.165, 1.54) is 69.8 Å². The Labute approximate surface area is 185 Å². The zero-order chi connectivity index (χ0) is 21.7. The highest BCUT2D eigenvalue weighted by Gasteiger charge is 2.32. The van der Waals surface area contributed by atoms with Crippen molar-refractivity contribution < 1.29 is 13.2 Å². The molecule has 1 atom stereocenters. The van der Waals surface area contributed by atoms with E-state index in [0.717, 1.165) is 29.7 Å². The highest BCUT2D eigenvalue weighted by atomic mass is 35.5. The molecular formula is C26H36ClF3. The van der Waals surface area contributed by atoms with Gasteiger partial charge in [-0.25, -0.2) is 0 Å². The van der Waals surface area contributed by atoms with Gasteiger partial charge in [0.15, 0.2) is 0 Å². The second-order valence-corrected chi connectivity index (χ2v) is 10.1. The summed E-state index contributed by atoms with van der Waals surface area (Å²) in [5.74, 6) is 4.05. The highest BCUT2D eigenvalue weighted by Crippen LogP contribution is 2.45. The molecule has 4 heteroatoms. The quantitative estimate of drug-likeness (QED) is 0.413. The van der Waals surface area contributed by atoms with E-state index in [4.69, 9.17) is 11.6 Å². The van der Waals surface area contributed by atoms with Crippen molar-refractivity contribution in [2.24, 2.45) is 23.7 Å². The van der Waals surface area contributed by atoms with E-state index in [1.807, 2.05) is 12.1 Å². The zero-order valence-corrected chi connectivity index (χ0v) is 19.1. The molecule has 0 N–H and O–H groups in total. The molecule has 1 unspecified atom stereocenters. The second-order valence-electron chi connectivity index (χ2n) is 9.71. The van der Waals surface area contributed by atoms with Gasteiger partial charge in [0.1, 0.15) is 0 Å². The van der Waals surface area contributed by atoms with Gasteiger partial charge in [-0.1, -0.05) is 50.4 Å². The molecule has 2 aliphatic carbocycles. The van der Waals surface area contributed by atoms with Gasteiger partial charge >= 0.3 is 6.18 Å². The Hall–Kier alpha value is -0.960. The first-order valence-corrected chi connectivity index (χ1v) is 12.2. The first-order chi connectivity index (χ1) is 14.3. The SMILES string of the molecule is CCCC(C)C1CCC(C2CCC(c3ccc(/C=C/C(F)(F)F)c(Cl)c3)CC2)CC1. The van der Waals surface area contributed by atoms with E-state index in [1.54, 1.807) is 6.07 Å². The fourth-order valence-corrected chi connectivity index (χ4v) is 6.17. The third-order valence-electron chi connectivity index (χ3n) is 7.75. The molecule has 0 saturated heterocycles. The highest BCUT2D eigenvalue weighted by molar-refractivity contribution is 6.32. The van der Waals surface area contributed by atoms with Gasteiger partial charge in [0.2, 0.25) is 0 Å². The monoisotopic (exact) mass is 440 g/mol. The van der Waals surface area contributed by atoms with E-state index >= 15 is 0 Å². The minimum absolute atomic E-state index is 0.247. The second kappa shape index (κ2) is 10.6. The number of hydrogen-bond acceptors (Lipinski definition) is 0. The molecule has 30 heavy (non-hydrogen) atoms. The summed E-state index contributed by atoms with van der Waals surface area (Å²) in [4.78, 5) is 0. The lowest BCUT2D eigenvalue weighted by atomic mass is 9.66. The zero-order valence-electron chi connectivity index (χ0n) is 18.4. The third kappa shape index (κ3) is 6.52. The van der Waals surface area contributed by atoms with Gasteiger partial charge in [-0.3, -0.25) is 0 Å². The normalized spacial score (nSPS) is 29.3. The van der Waals surface area contributed by atoms with Gasteiger partial charge in [-0.2, -0.15) is 13.2 Å². The van der Waals surface area contributed by atoms with Crippen LogP contribution in [0, 0.1) is 23.7 Å². The van der Waals surface area contributed by atoms with Crippen molar-refractivity contribution in [3.8, 4) is 0 Å². The average Bonchev–Trinajstić information content (AvgIpc) is 2.72. The van der Waals surface area contributed by atoms with Crippen molar-refractivity contribution in [1.29, 1.82) is 0 Å². The standard InChI is InChI=1S/C26H36ClF3/c1-3-4-18(2)19-5-7-20(8-6-19)21-9-11-22(12-10-21)24-14-13-23(25(27)17-24)15-16-26(28,29)30/h13-22H,3-12H2,1-2H3/b16-15+. The molecule has 0 radical (unpaired) electrons. The van der Waals surface area contributed by atoms with Crippen molar-refractivity contribution in [3.63, 3.8) is 0 Å². The molecular weight excluding hydrogens is 405 g/mol. The Balaban J connectivity index is 1.50. The average molecular weight is 441 g/mol. The Morgan fingerprint density at radius 3 is 2.13 bits per heavy atom. The summed E-state index contributed by atoms with van der Waals surface area (Å²) < 4.78 is 37.2. The Morgan fingerprint density at radius 2 is 1.60 bits per heavy atom. The Kier molecular flexibility index (Phi) is 8.35. The fourth-order valence-electron chi connectivity index (χ4n) is 5.92. The van der Waals surface area contributed by atoms with E-state index in [9.17, 15) is 13.2 Å². The predicted molar refractivity (Wildman–Crippen MR) is 121 cm³/mol. The third-order valence-corrected chi connectivity index (χ3v) is 8.08. The van der Waals surface area contributed by atoms with Gasteiger partial charge in [-0.15, -0.1) is 0 Å². The molecule has 0 bridgehead atoms. The molecule has 0 amide bonds. The van der Waals surface area contributed by atoms with Crippen LogP contribution in [0.25, 0.3) is 6.08 Å². The van der Waals surface area contributed by atoms with Gasteiger partial charge < -0.3 is 0 Å². The van der Waals surface area contributed by atoms with Crippen molar-refractivity contribution in [3.05, 3.63) is 40.4 Å². The lowest BCUT2D eigenvalue weighted by molar-refractivity contribution is -0.0790. The predicted octanol–water partition coefficient (Wildman–Crippen LogP) is 9.43. The van der Waals surface area contributed by atoms with Crippen molar-refractivity contribution in [2.45, 2.75) is 90.1 Å². The molecule has 0 heterocycles. The van der Waals surface area contributed by atoms with Crippen LogP contribution in [0.4, 0.5) is 13.2 Å². The van der Waals surface area contributed by atoms with Crippen LogP contribution in [-0.4, -0.2) is 6.18 Å². The van der Waals surface area contributed by atoms with Crippen LogP contribution in [0.15, 0.2) is 24.3 Å². The van der Waals surface area contributed by atoms with E-state index in [2.05, 4.69) is 13.8 Å². The molecule has 1 aromatic carbocycles. The van der Waals surface area contributed by atoms with Gasteiger partial charge in [0, 0.05) is 11.1 Å². The summed E-state index contributed by atoms with van der Waals surface area (Å²) in [6, 6.07) is 5.57. The van der Waals surface area contributed by atoms with Gasteiger partial charge in [-0.05, 0) is 104 Å². The summed E-state index contributed by atoms with van der Waals surface area (Å²) in [6.07, 6.45) is 10.2. The Bertz CT molecular complexity index is 693. The molecule has 2 saturated carbocycles. The van der Waals surface area contributed by atoms with Crippen LogP contribution in [0.1, 0.15) is 95.1 Å². The van der Waals surface area contributed by atoms with Crippen molar-refractivity contribution >= 4 is 17.7 Å². The molecule has 3 rings (SSSR count). The maximum Gasteiger partial charge on any atom is 0.409 e. The van der Waals surface area contributed by atoms with Gasteiger partial charge in [0.25, 0.3) is 0 Å². The number of halogens is 4. The summed E-state index contributed by atoms with van der Waals surface area (Å²) >= 11 is 6.27. The number of hydrogen-bond donors (Lipinski definition) is 0. The summed E-state index contributed by atoms with van der Waals surface area (Å²) in [5.41, 5.74) is 1.61. The lowest BCUT2D eigenvalue weighted by Crippen LogP contribution is -2.27. The van der Waals surface area contributed by atoms with Crippen LogP contribution in [-0.2, 0) is 0 Å². The first-order valence-electron chi connectivity index (χ1n) is 11.8. The molecule has 0 aromatic heterocycles. The maximum absolute atomic E-state index is 12.4. The van der Waals surface area contributed by atoms with Crippen LogP contribution in [0.3, 0.4) is 0 Å². The van der Waals surface area contributed by atoms with Crippen molar-refractivity contribution in [1.82, 2.24) is 0 Å². The van der Waals surface area contributed by atoms with Gasteiger partial charge in [0.05, 0.1) is 0 Å². The minimum atomic E-state index is -4.31. The molecule has 168 valence electrons. The lowest BCUT2D eigenvalue weighted by Gasteiger charge is -2.39.